The van der Waals surface area contributed by atoms with Crippen molar-refractivity contribution in [2.75, 3.05) is 18.2 Å². The van der Waals surface area contributed by atoms with Crippen LogP contribution >= 0.6 is 24.0 Å². The van der Waals surface area contributed by atoms with Crippen LogP contribution in [0.2, 0.25) is 0 Å². The molecule has 110 valence electrons. The van der Waals surface area contributed by atoms with E-state index in [-0.39, 0.29) is 0 Å². The largest absolute Gasteiger partial charge is 0.497 e. The van der Waals surface area contributed by atoms with Gasteiger partial charge in [-0.2, -0.15) is 11.8 Å². The topological polar surface area (TPSA) is 47.3 Å². The third-order valence-electron chi connectivity index (χ3n) is 3.64. The molecule has 1 aromatic rings. The van der Waals surface area contributed by atoms with Crippen LogP contribution in [0.25, 0.3) is 0 Å². The van der Waals surface area contributed by atoms with Gasteiger partial charge in [0, 0.05) is 28.6 Å². The third kappa shape index (κ3) is 3.79. The van der Waals surface area contributed by atoms with Gasteiger partial charge in [-0.25, -0.2) is 0 Å². The predicted octanol–water partition coefficient (Wildman–Crippen LogP) is 3.42. The van der Waals surface area contributed by atoms with Gasteiger partial charge in [-0.05, 0) is 37.1 Å². The molecule has 1 saturated carbocycles. The highest BCUT2D eigenvalue weighted by molar-refractivity contribution is 7.99. The van der Waals surface area contributed by atoms with Gasteiger partial charge in [-0.3, -0.25) is 0 Å². The van der Waals surface area contributed by atoms with Crippen LogP contribution in [0.5, 0.6) is 5.75 Å². The maximum Gasteiger partial charge on any atom is 0.120 e. The van der Waals surface area contributed by atoms with Crippen molar-refractivity contribution < 1.29 is 4.74 Å². The van der Waals surface area contributed by atoms with Gasteiger partial charge in [-0.15, -0.1) is 0 Å². The minimum Gasteiger partial charge on any atom is -0.497 e. The van der Waals surface area contributed by atoms with Gasteiger partial charge in [0.2, 0.25) is 0 Å². The molecule has 2 atom stereocenters. The summed E-state index contributed by atoms with van der Waals surface area (Å²) in [4.78, 5) is 0.424. The standard InChI is InChI=1S/C15H22N2OS2/c1-3-20-12-6-4-10(8-12)17-14-9-11(18-2)5-7-13(14)15(16)19/h5,7,9-10,12,17H,3-4,6,8H2,1-2H3,(H2,16,19). The fourth-order valence-electron chi connectivity index (χ4n) is 2.66. The zero-order valence-electron chi connectivity index (χ0n) is 12.0. The highest BCUT2D eigenvalue weighted by Crippen LogP contribution is 2.33. The summed E-state index contributed by atoms with van der Waals surface area (Å²) in [5.41, 5.74) is 7.69. The van der Waals surface area contributed by atoms with Crippen LogP contribution in [0, 0.1) is 0 Å². The number of benzene rings is 1. The van der Waals surface area contributed by atoms with Crippen LogP contribution in [-0.4, -0.2) is 29.1 Å². The average Bonchev–Trinajstić information content (AvgIpc) is 2.86. The van der Waals surface area contributed by atoms with E-state index in [4.69, 9.17) is 22.7 Å². The summed E-state index contributed by atoms with van der Waals surface area (Å²) in [6, 6.07) is 6.30. The van der Waals surface area contributed by atoms with Gasteiger partial charge < -0.3 is 15.8 Å². The molecule has 20 heavy (non-hydrogen) atoms. The average molecular weight is 310 g/mol. The number of methoxy groups -OCH3 is 1. The maximum absolute atomic E-state index is 5.80. The minimum atomic E-state index is 0.424. The number of nitrogens with one attached hydrogen (secondary N) is 1. The van der Waals surface area contributed by atoms with Crippen LogP contribution < -0.4 is 15.8 Å². The molecule has 1 aromatic carbocycles. The molecule has 1 fully saturated rings. The summed E-state index contributed by atoms with van der Waals surface area (Å²) in [6.45, 7) is 2.22. The monoisotopic (exact) mass is 310 g/mol. The van der Waals surface area contributed by atoms with Crippen molar-refractivity contribution in [2.45, 2.75) is 37.5 Å². The Morgan fingerprint density at radius 1 is 1.50 bits per heavy atom. The lowest BCUT2D eigenvalue weighted by Crippen LogP contribution is -2.20. The van der Waals surface area contributed by atoms with Crippen molar-refractivity contribution >= 4 is 34.7 Å². The highest BCUT2D eigenvalue weighted by atomic mass is 32.2. The van der Waals surface area contributed by atoms with Gasteiger partial charge in [0.05, 0.1) is 7.11 Å². The van der Waals surface area contributed by atoms with Crippen LogP contribution in [-0.2, 0) is 0 Å². The molecule has 2 unspecified atom stereocenters. The van der Waals surface area contributed by atoms with Gasteiger partial charge in [0.1, 0.15) is 10.7 Å². The number of anilines is 1. The van der Waals surface area contributed by atoms with E-state index in [1.807, 2.05) is 18.2 Å². The van der Waals surface area contributed by atoms with Gasteiger partial charge in [0.25, 0.3) is 0 Å². The normalized spacial score (nSPS) is 21.7. The summed E-state index contributed by atoms with van der Waals surface area (Å²) < 4.78 is 5.29. The van der Waals surface area contributed by atoms with Crippen molar-refractivity contribution in [1.29, 1.82) is 0 Å². The van der Waals surface area contributed by atoms with E-state index in [0.29, 0.717) is 11.0 Å². The molecule has 3 nitrogen and oxygen atoms in total. The summed E-state index contributed by atoms with van der Waals surface area (Å²) in [6.07, 6.45) is 3.68. The zero-order chi connectivity index (χ0) is 14.5. The fourth-order valence-corrected chi connectivity index (χ4v) is 3.98. The first-order valence-electron chi connectivity index (χ1n) is 7.00. The Labute approximate surface area is 130 Å². The fraction of sp³-hybridized carbons (Fsp3) is 0.533. The Hall–Kier alpha value is -0.940. The second-order valence-corrected chi connectivity index (χ2v) is 7.02. The number of ether oxygens (including phenoxy) is 1. The minimum absolute atomic E-state index is 0.424. The van der Waals surface area contributed by atoms with E-state index in [1.165, 1.54) is 25.0 Å². The van der Waals surface area contributed by atoms with E-state index in [2.05, 4.69) is 24.0 Å². The third-order valence-corrected chi connectivity index (χ3v) is 5.09. The first-order chi connectivity index (χ1) is 9.63. The second kappa shape index (κ2) is 7.18. The molecule has 0 saturated heterocycles. The Balaban J connectivity index is 2.10. The van der Waals surface area contributed by atoms with Gasteiger partial charge in [-0.1, -0.05) is 19.1 Å². The van der Waals surface area contributed by atoms with E-state index in [9.17, 15) is 0 Å². The molecule has 1 aliphatic carbocycles. The van der Waals surface area contributed by atoms with Crippen LogP contribution in [0.3, 0.4) is 0 Å². The lowest BCUT2D eigenvalue weighted by Gasteiger charge is -2.18. The van der Waals surface area contributed by atoms with Gasteiger partial charge >= 0.3 is 0 Å². The lowest BCUT2D eigenvalue weighted by atomic mass is 10.1. The molecule has 2 rings (SSSR count). The molecule has 0 aromatic heterocycles. The number of hydrogen-bond donors (Lipinski definition) is 2. The molecular formula is C15H22N2OS2. The SMILES string of the molecule is CCSC1CCC(Nc2cc(OC)ccc2C(N)=S)C1. The first kappa shape index (κ1) is 15.4. The van der Waals surface area contributed by atoms with Gasteiger partial charge in [0.15, 0.2) is 0 Å². The van der Waals surface area contributed by atoms with E-state index in [1.54, 1.807) is 7.11 Å². The second-order valence-electron chi connectivity index (χ2n) is 5.01. The van der Waals surface area contributed by atoms with Crippen molar-refractivity contribution in [3.05, 3.63) is 23.8 Å². The summed E-state index contributed by atoms with van der Waals surface area (Å²) in [5, 5.41) is 4.37. The molecular weight excluding hydrogens is 288 g/mol. The Morgan fingerprint density at radius 3 is 2.95 bits per heavy atom. The molecule has 1 aliphatic rings. The summed E-state index contributed by atoms with van der Waals surface area (Å²) >= 11 is 7.18. The van der Waals surface area contributed by atoms with E-state index >= 15 is 0 Å². The van der Waals surface area contributed by atoms with Crippen molar-refractivity contribution in [3.63, 3.8) is 0 Å². The van der Waals surface area contributed by atoms with Crippen LogP contribution in [0.1, 0.15) is 31.7 Å². The zero-order valence-corrected chi connectivity index (χ0v) is 13.7. The number of rotatable bonds is 6. The predicted molar refractivity (Wildman–Crippen MR) is 92.1 cm³/mol. The maximum atomic E-state index is 5.80. The Kier molecular flexibility index (Phi) is 5.54. The molecule has 0 spiro atoms. The molecule has 0 heterocycles. The number of thioether (sulfide) groups is 1. The molecule has 0 amide bonds. The summed E-state index contributed by atoms with van der Waals surface area (Å²) in [7, 11) is 1.67. The van der Waals surface area contributed by atoms with E-state index in [0.717, 1.165) is 22.3 Å². The Bertz CT molecular complexity index is 479. The highest BCUT2D eigenvalue weighted by Gasteiger charge is 2.25. The number of thiocarbonyl (C=S) groups is 1. The molecule has 0 bridgehead atoms. The number of hydrogen-bond acceptors (Lipinski definition) is 4. The quantitative estimate of drug-likeness (QED) is 0.789. The number of nitrogens with two attached hydrogens (primary N) is 1. The summed E-state index contributed by atoms with van der Waals surface area (Å²) in [5.74, 6) is 2.01. The Morgan fingerprint density at radius 2 is 2.30 bits per heavy atom. The van der Waals surface area contributed by atoms with Crippen molar-refractivity contribution in [1.82, 2.24) is 0 Å². The van der Waals surface area contributed by atoms with Crippen LogP contribution in [0.4, 0.5) is 5.69 Å². The molecule has 0 radical (unpaired) electrons. The van der Waals surface area contributed by atoms with Crippen molar-refractivity contribution in [2.24, 2.45) is 5.73 Å². The lowest BCUT2D eigenvalue weighted by molar-refractivity contribution is 0.415. The molecule has 0 aliphatic heterocycles. The molecule has 5 heteroatoms. The first-order valence-corrected chi connectivity index (χ1v) is 8.45. The molecule has 3 N–H and O–H groups in total. The smallest absolute Gasteiger partial charge is 0.120 e. The van der Waals surface area contributed by atoms with E-state index < -0.39 is 0 Å². The van der Waals surface area contributed by atoms with Crippen LogP contribution in [0.15, 0.2) is 18.2 Å². The van der Waals surface area contributed by atoms with Crippen molar-refractivity contribution in [3.8, 4) is 5.75 Å².